The lowest BCUT2D eigenvalue weighted by Crippen LogP contribution is -2.29. The fourth-order valence-corrected chi connectivity index (χ4v) is 4.92. The molecule has 8 nitrogen and oxygen atoms in total. The van der Waals surface area contributed by atoms with Crippen LogP contribution in [-0.2, 0) is 23.9 Å². The molecule has 1 amide bonds. The van der Waals surface area contributed by atoms with Gasteiger partial charge in [-0.3, -0.25) is 9.79 Å². The monoisotopic (exact) mass is 485 g/mol. The molecule has 5 N–H and O–H groups in total. The van der Waals surface area contributed by atoms with Crippen LogP contribution in [-0.4, -0.2) is 35.2 Å². The first-order chi connectivity index (χ1) is 16.7. The highest BCUT2D eigenvalue weighted by molar-refractivity contribution is 6.12. The third kappa shape index (κ3) is 4.80. The highest BCUT2D eigenvalue weighted by Gasteiger charge is 2.46. The van der Waals surface area contributed by atoms with Gasteiger partial charge in [-0.25, -0.2) is 9.97 Å². The molecule has 0 radical (unpaired) electrons. The maximum atomic E-state index is 13.7. The van der Waals surface area contributed by atoms with E-state index in [4.69, 9.17) is 11.5 Å². The molecular formula is C24H26F3N7O. The van der Waals surface area contributed by atoms with Gasteiger partial charge in [0.2, 0.25) is 0 Å². The van der Waals surface area contributed by atoms with E-state index in [0.717, 1.165) is 43.0 Å². The fourth-order valence-electron chi connectivity index (χ4n) is 4.92. The smallest absolute Gasteiger partial charge is 0.404 e. The van der Waals surface area contributed by atoms with Crippen molar-refractivity contribution in [2.24, 2.45) is 22.6 Å². The number of carbonyl (C=O) groups is 1. The van der Waals surface area contributed by atoms with Crippen LogP contribution in [0, 0.1) is 11.8 Å². The molecule has 2 fully saturated rings. The van der Waals surface area contributed by atoms with Crippen molar-refractivity contribution in [1.82, 2.24) is 15.3 Å². The number of aromatic nitrogens is 2. The lowest BCUT2D eigenvalue weighted by atomic mass is 10.1. The van der Waals surface area contributed by atoms with Crippen LogP contribution in [0.4, 0.5) is 24.8 Å². The quantitative estimate of drug-likeness (QED) is 0.427. The number of amides is 1. The minimum Gasteiger partial charge on any atom is -0.404 e. The molecule has 0 aromatic carbocycles. The number of nitrogen functional groups attached to an aromatic ring is 1. The van der Waals surface area contributed by atoms with Gasteiger partial charge in [-0.2, -0.15) is 13.2 Å². The normalized spacial score (nSPS) is 23.5. The average Bonchev–Trinajstić information content (AvgIpc) is 3.23. The highest BCUT2D eigenvalue weighted by Crippen LogP contribution is 2.46. The van der Waals surface area contributed by atoms with Crippen LogP contribution in [0.3, 0.4) is 0 Å². The van der Waals surface area contributed by atoms with E-state index in [9.17, 15) is 18.0 Å². The number of alkyl halides is 3. The first kappa shape index (κ1) is 23.1. The number of nitrogens with zero attached hydrogens (tertiary/aromatic N) is 4. The number of aryl methyl sites for hydroxylation is 1. The summed E-state index contributed by atoms with van der Waals surface area (Å²) in [6, 6.07) is 4.35. The minimum absolute atomic E-state index is 0.0521. The molecule has 2 aromatic heterocycles. The lowest BCUT2D eigenvalue weighted by molar-refractivity contribution is -0.138. The van der Waals surface area contributed by atoms with E-state index in [1.807, 2.05) is 11.0 Å². The predicted molar refractivity (Wildman–Crippen MR) is 125 cm³/mol. The van der Waals surface area contributed by atoms with Crippen LogP contribution < -0.4 is 21.7 Å². The maximum absolute atomic E-state index is 13.7. The zero-order valence-corrected chi connectivity index (χ0v) is 18.9. The van der Waals surface area contributed by atoms with Crippen LogP contribution in [0.2, 0.25) is 0 Å². The van der Waals surface area contributed by atoms with E-state index in [2.05, 4.69) is 20.3 Å². The standard InChI is InChI=1S/C24H26F3N7O/c25-24(26,27)18-6-22(34-11-13-5-14(13)12-34)31-10-16(18)9-30-8-15(7-28)23(35)33-20-3-2-19-17(20)1-4-21(29)32-19/h1,4,6-8,10,13-14,20H,2-3,5,9,11-12,28H2,(H2,29,32)(H,33,35)/t13?,14?,20-/m1/s1. The van der Waals surface area contributed by atoms with E-state index in [-0.39, 0.29) is 23.7 Å². The molecule has 5 rings (SSSR count). The molecule has 2 aliphatic carbocycles. The average molecular weight is 486 g/mol. The van der Waals surface area contributed by atoms with Gasteiger partial charge in [-0.15, -0.1) is 0 Å². The maximum Gasteiger partial charge on any atom is 0.416 e. The van der Waals surface area contributed by atoms with E-state index in [1.54, 1.807) is 6.07 Å². The summed E-state index contributed by atoms with van der Waals surface area (Å²) in [5.41, 5.74) is 12.3. The van der Waals surface area contributed by atoms with Crippen molar-refractivity contribution in [1.29, 1.82) is 0 Å². The summed E-state index contributed by atoms with van der Waals surface area (Å²) in [5.74, 6) is 1.45. The Morgan fingerprint density at radius 1 is 1.29 bits per heavy atom. The Labute approximate surface area is 200 Å². The Morgan fingerprint density at radius 2 is 2.06 bits per heavy atom. The predicted octanol–water partition coefficient (Wildman–Crippen LogP) is 2.75. The summed E-state index contributed by atoms with van der Waals surface area (Å²) < 4.78 is 41.2. The largest absolute Gasteiger partial charge is 0.416 e. The Kier molecular flexibility index (Phi) is 5.86. The Hall–Kier alpha value is -3.63. The number of piperidine rings is 1. The van der Waals surface area contributed by atoms with Crippen LogP contribution in [0.25, 0.3) is 0 Å². The number of carbonyl (C=O) groups excluding carboxylic acids is 1. The summed E-state index contributed by atoms with van der Waals surface area (Å²) in [6.07, 6.45) is 1.46. The molecule has 3 aliphatic rings. The number of hydrogen-bond donors (Lipinski definition) is 3. The van der Waals surface area contributed by atoms with E-state index in [0.29, 0.717) is 36.3 Å². The number of fused-ring (bicyclic) bond motifs is 2. The van der Waals surface area contributed by atoms with Crippen molar-refractivity contribution in [2.75, 3.05) is 23.7 Å². The molecular weight excluding hydrogens is 459 g/mol. The van der Waals surface area contributed by atoms with Crippen LogP contribution in [0.15, 0.2) is 41.2 Å². The summed E-state index contributed by atoms with van der Waals surface area (Å²) in [4.78, 5) is 27.2. The number of anilines is 2. The molecule has 3 atom stereocenters. The molecule has 2 aromatic rings. The minimum atomic E-state index is -4.54. The summed E-state index contributed by atoms with van der Waals surface area (Å²) in [6.45, 7) is 1.22. The Balaban J connectivity index is 1.26. The summed E-state index contributed by atoms with van der Waals surface area (Å²) >= 11 is 0. The van der Waals surface area contributed by atoms with Gasteiger partial charge in [0.1, 0.15) is 11.6 Å². The van der Waals surface area contributed by atoms with Crippen molar-refractivity contribution in [3.63, 3.8) is 0 Å². The number of nitrogens with two attached hydrogens (primary N) is 2. The third-order valence-electron chi connectivity index (χ3n) is 6.90. The van der Waals surface area contributed by atoms with Crippen LogP contribution in [0.1, 0.15) is 41.3 Å². The second-order valence-corrected chi connectivity index (χ2v) is 9.29. The molecule has 1 saturated carbocycles. The zero-order valence-electron chi connectivity index (χ0n) is 18.9. The SMILES string of the molecule is NC=C(C=NCc1cnc(N2CC3CC3C2)cc1C(F)(F)F)C(=O)N[C@@H]1CCc2nc(N)ccc21. The first-order valence-corrected chi connectivity index (χ1v) is 11.5. The number of halogens is 3. The van der Waals surface area contributed by atoms with Gasteiger partial charge < -0.3 is 21.7 Å². The number of aliphatic imine (C=N–C) groups is 1. The molecule has 0 spiro atoms. The zero-order chi connectivity index (χ0) is 24.7. The Morgan fingerprint density at radius 3 is 2.77 bits per heavy atom. The fraction of sp³-hybridized carbons (Fsp3) is 0.417. The Bertz CT molecular complexity index is 1200. The van der Waals surface area contributed by atoms with Gasteiger partial charge in [0.15, 0.2) is 0 Å². The third-order valence-corrected chi connectivity index (χ3v) is 6.90. The van der Waals surface area contributed by atoms with Crippen LogP contribution in [0.5, 0.6) is 0 Å². The van der Waals surface area contributed by atoms with Crippen molar-refractivity contribution < 1.29 is 18.0 Å². The van der Waals surface area contributed by atoms with Gasteiger partial charge in [0.05, 0.1) is 23.7 Å². The summed E-state index contributed by atoms with van der Waals surface area (Å²) in [5, 5.41) is 2.88. The lowest BCUT2D eigenvalue weighted by Gasteiger charge is -2.21. The number of rotatable bonds is 6. The second-order valence-electron chi connectivity index (χ2n) is 9.29. The van der Waals surface area contributed by atoms with E-state index in [1.165, 1.54) is 12.4 Å². The van der Waals surface area contributed by atoms with Gasteiger partial charge in [-0.05, 0) is 48.8 Å². The van der Waals surface area contributed by atoms with Crippen molar-refractivity contribution in [3.05, 3.63) is 58.6 Å². The highest BCUT2D eigenvalue weighted by atomic mass is 19.4. The van der Waals surface area contributed by atoms with Crippen molar-refractivity contribution in [3.8, 4) is 0 Å². The topological polar surface area (TPSA) is 123 Å². The molecule has 0 bridgehead atoms. The van der Waals surface area contributed by atoms with Gasteiger partial charge in [0, 0.05) is 43.0 Å². The summed E-state index contributed by atoms with van der Waals surface area (Å²) in [7, 11) is 0. The number of pyridine rings is 2. The van der Waals surface area contributed by atoms with Crippen molar-refractivity contribution >= 4 is 23.8 Å². The van der Waals surface area contributed by atoms with Gasteiger partial charge >= 0.3 is 6.18 Å². The molecule has 184 valence electrons. The van der Waals surface area contributed by atoms with E-state index >= 15 is 0 Å². The molecule has 1 aliphatic heterocycles. The molecule has 1 saturated heterocycles. The van der Waals surface area contributed by atoms with E-state index < -0.39 is 17.6 Å². The number of nitrogens with one attached hydrogen (secondary N) is 1. The van der Waals surface area contributed by atoms with Crippen molar-refractivity contribution in [2.45, 2.75) is 38.0 Å². The number of hydrogen-bond acceptors (Lipinski definition) is 7. The van der Waals surface area contributed by atoms with Gasteiger partial charge in [0.25, 0.3) is 5.91 Å². The van der Waals surface area contributed by atoms with Gasteiger partial charge in [-0.1, -0.05) is 6.07 Å². The molecule has 3 heterocycles. The molecule has 2 unspecified atom stereocenters. The first-order valence-electron chi connectivity index (χ1n) is 11.5. The van der Waals surface area contributed by atoms with Crippen LogP contribution >= 0.6 is 0 Å². The molecule has 35 heavy (non-hydrogen) atoms. The second kappa shape index (κ2) is 8.86. The molecule has 11 heteroatoms.